The zero-order valence-corrected chi connectivity index (χ0v) is 15.9. The van der Waals surface area contributed by atoms with Crippen molar-refractivity contribution in [3.05, 3.63) is 65.9 Å². The summed E-state index contributed by atoms with van der Waals surface area (Å²) in [6.07, 6.45) is 3.19. The minimum atomic E-state index is 0.0725. The van der Waals surface area contributed by atoms with E-state index in [0.29, 0.717) is 12.5 Å². The topological polar surface area (TPSA) is 48.1 Å². The molecule has 27 heavy (non-hydrogen) atoms. The number of likely N-dealkylation sites (tertiary alicyclic amines) is 1. The molecular weight excluding hydrogens is 334 g/mol. The van der Waals surface area contributed by atoms with E-state index in [1.54, 1.807) is 0 Å². The number of aryl methyl sites for hydroxylation is 1. The number of carbonyl (C=O) groups excluding carboxylic acids is 1. The van der Waals surface area contributed by atoms with Gasteiger partial charge < -0.3 is 10.3 Å². The summed E-state index contributed by atoms with van der Waals surface area (Å²) in [7, 11) is 0. The number of aromatic nitrogens is 1. The quantitative estimate of drug-likeness (QED) is 0.700. The molecule has 2 aromatic carbocycles. The smallest absolute Gasteiger partial charge is 0.238 e. The van der Waals surface area contributed by atoms with Gasteiger partial charge in [-0.15, -0.1) is 0 Å². The highest BCUT2D eigenvalue weighted by molar-refractivity contribution is 5.92. The molecule has 1 amide bonds. The number of carbonyl (C=O) groups is 1. The number of benzene rings is 2. The SMILES string of the molecule is CCc1ccc(NC(=O)CN2CCC(c3cc4ccccc4[nH]3)CC2)cc1. The maximum atomic E-state index is 12.3. The third kappa shape index (κ3) is 4.22. The van der Waals surface area contributed by atoms with E-state index >= 15 is 0 Å². The summed E-state index contributed by atoms with van der Waals surface area (Å²) < 4.78 is 0. The molecule has 140 valence electrons. The van der Waals surface area contributed by atoms with Crippen molar-refractivity contribution >= 4 is 22.5 Å². The van der Waals surface area contributed by atoms with Crippen molar-refractivity contribution in [2.24, 2.45) is 0 Å². The van der Waals surface area contributed by atoms with E-state index in [1.165, 1.54) is 22.2 Å². The van der Waals surface area contributed by atoms with Crippen LogP contribution < -0.4 is 5.32 Å². The Kier molecular flexibility index (Phi) is 5.26. The van der Waals surface area contributed by atoms with Gasteiger partial charge in [-0.25, -0.2) is 0 Å². The summed E-state index contributed by atoms with van der Waals surface area (Å²) in [5.41, 5.74) is 4.71. The fourth-order valence-corrected chi connectivity index (χ4v) is 3.95. The minimum absolute atomic E-state index is 0.0725. The third-order valence-electron chi connectivity index (χ3n) is 5.59. The second kappa shape index (κ2) is 7.97. The van der Waals surface area contributed by atoms with Crippen LogP contribution in [-0.4, -0.2) is 35.4 Å². The molecule has 1 saturated heterocycles. The number of aromatic amines is 1. The highest BCUT2D eigenvalue weighted by Gasteiger charge is 2.23. The van der Waals surface area contributed by atoms with Crippen molar-refractivity contribution in [3.8, 4) is 0 Å². The second-order valence-electron chi connectivity index (χ2n) is 7.46. The molecule has 1 fully saturated rings. The van der Waals surface area contributed by atoms with Crippen molar-refractivity contribution in [1.82, 2.24) is 9.88 Å². The molecule has 4 rings (SSSR count). The standard InChI is InChI=1S/C23H27N3O/c1-2-17-7-9-20(10-8-17)24-23(27)16-26-13-11-18(12-14-26)22-15-19-5-3-4-6-21(19)25-22/h3-10,15,18,25H,2,11-14,16H2,1H3,(H,24,27). The summed E-state index contributed by atoms with van der Waals surface area (Å²) in [5.74, 6) is 0.626. The van der Waals surface area contributed by atoms with Gasteiger partial charge in [0.1, 0.15) is 0 Å². The first-order valence-corrected chi connectivity index (χ1v) is 9.90. The molecular formula is C23H27N3O. The van der Waals surface area contributed by atoms with Crippen LogP contribution in [0.5, 0.6) is 0 Å². The van der Waals surface area contributed by atoms with Crippen LogP contribution in [0.4, 0.5) is 5.69 Å². The van der Waals surface area contributed by atoms with E-state index in [4.69, 9.17) is 0 Å². The van der Waals surface area contributed by atoms with Gasteiger partial charge in [0.05, 0.1) is 6.54 Å². The Morgan fingerprint density at radius 3 is 2.56 bits per heavy atom. The van der Waals surface area contributed by atoms with Crippen molar-refractivity contribution in [1.29, 1.82) is 0 Å². The molecule has 2 N–H and O–H groups in total. The zero-order valence-electron chi connectivity index (χ0n) is 15.9. The average molecular weight is 361 g/mol. The Bertz CT molecular complexity index is 872. The van der Waals surface area contributed by atoms with E-state index in [0.717, 1.165) is 38.0 Å². The van der Waals surface area contributed by atoms with Gasteiger partial charge in [-0.2, -0.15) is 0 Å². The van der Waals surface area contributed by atoms with Crippen molar-refractivity contribution in [2.45, 2.75) is 32.1 Å². The molecule has 4 heteroatoms. The molecule has 0 unspecified atom stereocenters. The van der Waals surface area contributed by atoms with Crippen LogP contribution in [0.1, 0.15) is 36.9 Å². The van der Waals surface area contributed by atoms with Gasteiger partial charge in [-0.1, -0.05) is 37.3 Å². The second-order valence-corrected chi connectivity index (χ2v) is 7.46. The van der Waals surface area contributed by atoms with Crippen LogP contribution in [0, 0.1) is 0 Å². The lowest BCUT2D eigenvalue weighted by atomic mass is 9.93. The Balaban J connectivity index is 1.29. The van der Waals surface area contributed by atoms with E-state index in [1.807, 2.05) is 12.1 Å². The van der Waals surface area contributed by atoms with E-state index in [-0.39, 0.29) is 5.91 Å². The predicted octanol–water partition coefficient (Wildman–Crippen LogP) is 4.55. The number of nitrogens with zero attached hydrogens (tertiary/aromatic N) is 1. The summed E-state index contributed by atoms with van der Waals surface area (Å²) in [5, 5.41) is 4.30. The first-order chi connectivity index (χ1) is 13.2. The number of fused-ring (bicyclic) bond motifs is 1. The summed E-state index contributed by atoms with van der Waals surface area (Å²) in [4.78, 5) is 18.2. The highest BCUT2D eigenvalue weighted by Crippen LogP contribution is 2.29. The number of hydrogen-bond donors (Lipinski definition) is 2. The van der Waals surface area contributed by atoms with Gasteiger partial charge in [-0.05, 0) is 67.6 Å². The third-order valence-corrected chi connectivity index (χ3v) is 5.59. The van der Waals surface area contributed by atoms with E-state index < -0.39 is 0 Å². The molecule has 3 aromatic rings. The number of nitrogens with one attached hydrogen (secondary N) is 2. The molecule has 1 aliphatic rings. The van der Waals surface area contributed by atoms with Gasteiger partial charge in [0.15, 0.2) is 0 Å². The Morgan fingerprint density at radius 2 is 1.85 bits per heavy atom. The summed E-state index contributed by atoms with van der Waals surface area (Å²) >= 11 is 0. The first-order valence-electron chi connectivity index (χ1n) is 9.90. The number of para-hydroxylation sites is 1. The van der Waals surface area contributed by atoms with Gasteiger partial charge in [0.2, 0.25) is 5.91 Å². The van der Waals surface area contributed by atoms with Crippen LogP contribution in [0.3, 0.4) is 0 Å². The monoisotopic (exact) mass is 361 g/mol. The van der Waals surface area contributed by atoms with Gasteiger partial charge >= 0.3 is 0 Å². The first kappa shape index (κ1) is 17.8. The lowest BCUT2D eigenvalue weighted by Crippen LogP contribution is -2.38. The highest BCUT2D eigenvalue weighted by atomic mass is 16.2. The van der Waals surface area contributed by atoms with E-state index in [9.17, 15) is 4.79 Å². The van der Waals surface area contributed by atoms with E-state index in [2.05, 4.69) is 64.6 Å². The molecule has 0 aliphatic carbocycles. The minimum Gasteiger partial charge on any atom is -0.358 e. The van der Waals surface area contributed by atoms with Gasteiger partial charge in [0, 0.05) is 22.8 Å². The Labute approximate surface area is 160 Å². The molecule has 4 nitrogen and oxygen atoms in total. The number of piperidine rings is 1. The van der Waals surface area contributed by atoms with Crippen molar-refractivity contribution in [3.63, 3.8) is 0 Å². The molecule has 0 atom stereocenters. The maximum absolute atomic E-state index is 12.3. The van der Waals surface area contributed by atoms with Crippen LogP contribution in [0.2, 0.25) is 0 Å². The fourth-order valence-electron chi connectivity index (χ4n) is 3.95. The van der Waals surface area contributed by atoms with Crippen molar-refractivity contribution < 1.29 is 4.79 Å². The average Bonchev–Trinajstić information content (AvgIpc) is 3.13. The molecule has 0 spiro atoms. The zero-order chi connectivity index (χ0) is 18.6. The number of rotatable bonds is 5. The van der Waals surface area contributed by atoms with Crippen LogP contribution >= 0.6 is 0 Å². The van der Waals surface area contributed by atoms with Crippen LogP contribution in [-0.2, 0) is 11.2 Å². The Morgan fingerprint density at radius 1 is 1.11 bits per heavy atom. The fraction of sp³-hybridized carbons (Fsp3) is 0.348. The van der Waals surface area contributed by atoms with Crippen LogP contribution in [0.15, 0.2) is 54.6 Å². The number of anilines is 1. The largest absolute Gasteiger partial charge is 0.358 e. The van der Waals surface area contributed by atoms with Crippen molar-refractivity contribution in [2.75, 3.05) is 25.0 Å². The van der Waals surface area contributed by atoms with Crippen LogP contribution in [0.25, 0.3) is 10.9 Å². The molecule has 1 aliphatic heterocycles. The molecule has 0 bridgehead atoms. The number of H-pyrrole nitrogens is 1. The lowest BCUT2D eigenvalue weighted by molar-refractivity contribution is -0.117. The normalized spacial score (nSPS) is 15.9. The summed E-state index contributed by atoms with van der Waals surface area (Å²) in [6.45, 7) is 4.52. The van der Waals surface area contributed by atoms with Gasteiger partial charge in [-0.3, -0.25) is 9.69 Å². The molecule has 0 saturated carbocycles. The summed E-state index contributed by atoms with van der Waals surface area (Å²) in [6, 6.07) is 18.8. The molecule has 0 radical (unpaired) electrons. The lowest BCUT2D eigenvalue weighted by Gasteiger charge is -2.31. The number of hydrogen-bond acceptors (Lipinski definition) is 2. The maximum Gasteiger partial charge on any atom is 0.238 e. The Hall–Kier alpha value is -2.59. The molecule has 2 heterocycles. The molecule has 1 aromatic heterocycles. The predicted molar refractivity (Wildman–Crippen MR) is 111 cm³/mol. The number of amides is 1. The van der Waals surface area contributed by atoms with Gasteiger partial charge in [0.25, 0.3) is 0 Å².